The van der Waals surface area contributed by atoms with Crippen LogP contribution >= 0.6 is 0 Å². The van der Waals surface area contributed by atoms with E-state index in [0.29, 0.717) is 5.39 Å². The maximum atomic E-state index is 11.9. The summed E-state index contributed by atoms with van der Waals surface area (Å²) in [6.45, 7) is -0.442. The van der Waals surface area contributed by atoms with E-state index in [1.807, 2.05) is 0 Å². The van der Waals surface area contributed by atoms with Crippen LogP contribution in [0.25, 0.3) is 10.8 Å². The second-order valence-electron chi connectivity index (χ2n) is 5.76. The summed E-state index contributed by atoms with van der Waals surface area (Å²) in [7, 11) is 0. The summed E-state index contributed by atoms with van der Waals surface area (Å²) in [5.41, 5.74) is -0.721. The van der Waals surface area contributed by atoms with Crippen LogP contribution < -0.4 is 10.4 Å². The Morgan fingerprint density at radius 3 is 2.50 bits per heavy atom. The van der Waals surface area contributed by atoms with Crippen molar-refractivity contribution in [2.45, 2.75) is 37.3 Å². The lowest BCUT2D eigenvalue weighted by Gasteiger charge is -2.38. The Hall–Kier alpha value is -2.50. The number of rotatable bonds is 4. The van der Waals surface area contributed by atoms with E-state index >= 15 is 0 Å². The zero-order valence-corrected chi connectivity index (χ0v) is 13.2. The summed E-state index contributed by atoms with van der Waals surface area (Å²) in [6, 6.07) is 5.67. The molecule has 3 rings (SSSR count). The van der Waals surface area contributed by atoms with Gasteiger partial charge in [0.05, 0.1) is 5.39 Å². The number of carboxylic acid groups (broad SMARTS) is 1. The van der Waals surface area contributed by atoms with Gasteiger partial charge in [0.15, 0.2) is 6.10 Å². The summed E-state index contributed by atoms with van der Waals surface area (Å²) >= 11 is 0. The van der Waals surface area contributed by atoms with Crippen molar-refractivity contribution in [3.05, 3.63) is 40.4 Å². The molecule has 2 heterocycles. The Morgan fingerprint density at radius 1 is 1.12 bits per heavy atom. The predicted octanol–water partition coefficient (Wildman–Crippen LogP) is -1.44. The first-order valence-electron chi connectivity index (χ1n) is 7.58. The van der Waals surface area contributed by atoms with Gasteiger partial charge in [0.1, 0.15) is 36.4 Å². The van der Waals surface area contributed by atoms with Gasteiger partial charge < -0.3 is 39.4 Å². The lowest BCUT2D eigenvalue weighted by atomic mass is 9.99. The number of carbonyl (C=O) groups is 1. The quantitative estimate of drug-likeness (QED) is 0.431. The SMILES string of the molecule is O=C(O)C1OC(Oc2ccc3cc(CO)oc(=O)c3c2)C(O)C(O)C1O. The van der Waals surface area contributed by atoms with Crippen LogP contribution in [0.3, 0.4) is 0 Å². The van der Waals surface area contributed by atoms with E-state index in [1.54, 1.807) is 0 Å². The van der Waals surface area contributed by atoms with Gasteiger partial charge in [-0.3, -0.25) is 0 Å². The number of ether oxygens (including phenoxy) is 2. The number of aliphatic hydroxyl groups is 4. The first-order chi connectivity index (χ1) is 12.3. The smallest absolute Gasteiger partial charge is 0.344 e. The molecule has 1 aromatic carbocycles. The van der Waals surface area contributed by atoms with Crippen LogP contribution in [0.5, 0.6) is 5.75 Å². The lowest BCUT2D eigenvalue weighted by molar-refractivity contribution is -0.271. The highest BCUT2D eigenvalue weighted by Crippen LogP contribution is 2.26. The summed E-state index contributed by atoms with van der Waals surface area (Å²) in [5, 5.41) is 48.0. The minimum absolute atomic E-state index is 0.0401. The molecule has 5 atom stereocenters. The summed E-state index contributed by atoms with van der Waals surface area (Å²) in [6.07, 6.45) is -8.73. The van der Waals surface area contributed by atoms with Crippen LogP contribution in [0.1, 0.15) is 5.76 Å². The largest absolute Gasteiger partial charge is 0.479 e. The van der Waals surface area contributed by atoms with E-state index in [2.05, 4.69) is 0 Å². The molecule has 10 nitrogen and oxygen atoms in total. The third-order valence-electron chi connectivity index (χ3n) is 4.01. The highest BCUT2D eigenvalue weighted by atomic mass is 16.7. The molecular formula is C16H16O10. The van der Waals surface area contributed by atoms with Crippen LogP contribution in [0.15, 0.2) is 33.5 Å². The molecule has 1 aliphatic rings. The van der Waals surface area contributed by atoms with Gasteiger partial charge in [0, 0.05) is 0 Å². The molecule has 0 bridgehead atoms. The summed E-state index contributed by atoms with van der Waals surface area (Å²) < 4.78 is 15.3. The first-order valence-corrected chi connectivity index (χ1v) is 7.58. The molecule has 0 spiro atoms. The van der Waals surface area contributed by atoms with Gasteiger partial charge in [-0.15, -0.1) is 0 Å². The van der Waals surface area contributed by atoms with E-state index in [9.17, 15) is 24.9 Å². The zero-order chi connectivity index (χ0) is 19.0. The molecule has 10 heteroatoms. The van der Waals surface area contributed by atoms with Crippen LogP contribution in [0.2, 0.25) is 0 Å². The molecule has 1 aromatic heterocycles. The molecule has 5 unspecified atom stereocenters. The Kier molecular flexibility index (Phi) is 4.94. The number of carboxylic acids is 1. The van der Waals surface area contributed by atoms with Crippen LogP contribution in [0, 0.1) is 0 Å². The van der Waals surface area contributed by atoms with Crippen molar-refractivity contribution in [1.29, 1.82) is 0 Å². The van der Waals surface area contributed by atoms with Crippen molar-refractivity contribution in [2.24, 2.45) is 0 Å². The second kappa shape index (κ2) is 7.02. The molecule has 5 N–H and O–H groups in total. The van der Waals surface area contributed by atoms with E-state index in [-0.39, 0.29) is 16.9 Å². The number of fused-ring (bicyclic) bond motifs is 1. The highest BCUT2D eigenvalue weighted by Gasteiger charge is 2.48. The molecule has 2 aromatic rings. The van der Waals surface area contributed by atoms with Crippen LogP contribution in [-0.4, -0.2) is 62.2 Å². The third-order valence-corrected chi connectivity index (χ3v) is 4.01. The first kappa shape index (κ1) is 18.3. The second-order valence-corrected chi connectivity index (χ2v) is 5.76. The number of benzene rings is 1. The molecule has 0 saturated carbocycles. The van der Waals surface area contributed by atoms with Crippen molar-refractivity contribution in [1.82, 2.24) is 0 Å². The molecule has 0 amide bonds. The van der Waals surface area contributed by atoms with Gasteiger partial charge in [-0.05, 0) is 23.6 Å². The molecule has 1 saturated heterocycles. The van der Waals surface area contributed by atoms with Crippen molar-refractivity contribution in [3.8, 4) is 5.75 Å². The van der Waals surface area contributed by atoms with Crippen LogP contribution in [-0.2, 0) is 16.1 Å². The van der Waals surface area contributed by atoms with Gasteiger partial charge in [0.25, 0.3) is 0 Å². The van der Waals surface area contributed by atoms with E-state index < -0.39 is 48.9 Å². The minimum atomic E-state index is -1.83. The van der Waals surface area contributed by atoms with Crippen molar-refractivity contribution in [2.75, 3.05) is 0 Å². The van der Waals surface area contributed by atoms with Crippen molar-refractivity contribution < 1.29 is 44.2 Å². The predicted molar refractivity (Wildman–Crippen MR) is 83.4 cm³/mol. The number of hydrogen-bond acceptors (Lipinski definition) is 9. The molecule has 0 radical (unpaired) electrons. The Labute approximate surface area is 145 Å². The normalized spacial score (nSPS) is 28.8. The fourth-order valence-corrected chi connectivity index (χ4v) is 2.65. The molecule has 0 aliphatic carbocycles. The fourth-order valence-electron chi connectivity index (χ4n) is 2.65. The van der Waals surface area contributed by atoms with Gasteiger partial charge in [0.2, 0.25) is 6.29 Å². The van der Waals surface area contributed by atoms with Gasteiger partial charge in [-0.1, -0.05) is 6.07 Å². The number of hydrogen-bond donors (Lipinski definition) is 5. The number of aliphatic hydroxyl groups excluding tert-OH is 4. The van der Waals surface area contributed by atoms with Gasteiger partial charge in [-0.2, -0.15) is 0 Å². The maximum absolute atomic E-state index is 11.9. The lowest BCUT2D eigenvalue weighted by Crippen LogP contribution is -2.61. The summed E-state index contributed by atoms with van der Waals surface area (Å²) in [5.74, 6) is -1.41. The number of aliphatic carboxylic acids is 1. The van der Waals surface area contributed by atoms with Gasteiger partial charge in [-0.25, -0.2) is 9.59 Å². The Balaban J connectivity index is 1.89. The molecule has 1 fully saturated rings. The molecular weight excluding hydrogens is 352 g/mol. The van der Waals surface area contributed by atoms with Crippen molar-refractivity contribution >= 4 is 16.7 Å². The maximum Gasteiger partial charge on any atom is 0.344 e. The monoisotopic (exact) mass is 368 g/mol. The van der Waals surface area contributed by atoms with Crippen LogP contribution in [0.4, 0.5) is 0 Å². The summed E-state index contributed by atoms with van der Waals surface area (Å²) in [4.78, 5) is 23.0. The van der Waals surface area contributed by atoms with Crippen molar-refractivity contribution in [3.63, 3.8) is 0 Å². The molecule has 140 valence electrons. The zero-order valence-electron chi connectivity index (χ0n) is 13.2. The standard InChI is InChI=1S/C16H16O10/c17-5-8-3-6-1-2-7(4-9(6)15(23)24-8)25-16-12(20)10(18)11(19)13(26-16)14(21)22/h1-4,10-13,16-20H,5H2,(H,21,22). The Bertz CT molecular complexity index is 875. The average molecular weight is 368 g/mol. The average Bonchev–Trinajstić information content (AvgIpc) is 2.62. The molecule has 26 heavy (non-hydrogen) atoms. The topological polar surface area (TPSA) is 167 Å². The minimum Gasteiger partial charge on any atom is -0.479 e. The van der Waals surface area contributed by atoms with E-state index in [4.69, 9.17) is 24.1 Å². The fraction of sp³-hybridized carbons (Fsp3) is 0.375. The van der Waals surface area contributed by atoms with Gasteiger partial charge >= 0.3 is 11.6 Å². The Morgan fingerprint density at radius 2 is 1.85 bits per heavy atom. The highest BCUT2D eigenvalue weighted by molar-refractivity contribution is 5.82. The van der Waals surface area contributed by atoms with E-state index in [0.717, 1.165) is 0 Å². The molecule has 1 aliphatic heterocycles. The van der Waals surface area contributed by atoms with E-state index in [1.165, 1.54) is 24.3 Å². The third kappa shape index (κ3) is 3.28.